The molecular formula is C44H72N4O6S. The van der Waals surface area contributed by atoms with Crippen LogP contribution in [0.2, 0.25) is 0 Å². The molecule has 2 aromatic rings. The molecule has 0 fully saturated rings. The molecule has 310 valence electrons. The number of benzene rings is 1. The van der Waals surface area contributed by atoms with Crippen molar-refractivity contribution in [3.8, 4) is 0 Å². The largest absolute Gasteiger partial charge is 0.469 e. The highest BCUT2D eigenvalue weighted by molar-refractivity contribution is 7.09. The minimum atomic E-state index is -0.433. The molecule has 0 aliphatic rings. The highest BCUT2D eigenvalue weighted by atomic mass is 32.1. The Kier molecular flexibility index (Phi) is 21.4. The molecule has 0 unspecified atom stereocenters. The number of ketones is 1. The molecule has 0 radical (unpaired) electrons. The van der Waals surface area contributed by atoms with Crippen LogP contribution in [0.3, 0.4) is 0 Å². The first-order valence-corrected chi connectivity index (χ1v) is 21.5. The summed E-state index contributed by atoms with van der Waals surface area (Å²) in [5.74, 6) is -0.971. The number of nitrogens with zero attached hydrogens (tertiary/aromatic N) is 3. The standard InChI is InChI=1S/C44H72N4O6S/c1-13-22-48(43(51)35(30(7)15-3)26-38(49)40(47(10)11)31(8)16-4)37(29(5)6)27-39(54-23-14-2)42-46-36(28-55-42)41(50)45-34(24-32(9)44(52)53-12)25-33-20-18-17-19-21-33/h17-21,28-32,34-35,37,39-40H,13-16,22-27H2,1-12H3,(H,45,50)/t30-,31-,32-,34+,35-,37+,39+,40-/m0/s1. The summed E-state index contributed by atoms with van der Waals surface area (Å²) in [7, 11) is 5.27. The van der Waals surface area contributed by atoms with Crippen molar-refractivity contribution in [3.05, 3.63) is 52.0 Å². The Morgan fingerprint density at radius 3 is 2.09 bits per heavy atom. The van der Waals surface area contributed by atoms with Crippen LogP contribution in [-0.2, 0) is 30.3 Å². The van der Waals surface area contributed by atoms with Gasteiger partial charge in [-0.3, -0.25) is 24.1 Å². The number of esters is 1. The van der Waals surface area contributed by atoms with Gasteiger partial charge in [0.25, 0.3) is 5.91 Å². The Morgan fingerprint density at radius 2 is 1.55 bits per heavy atom. The van der Waals surface area contributed by atoms with Gasteiger partial charge in [0.05, 0.1) is 19.1 Å². The number of carbonyl (C=O) groups excluding carboxylic acids is 4. The molecule has 1 N–H and O–H groups in total. The zero-order valence-corrected chi connectivity index (χ0v) is 36.7. The molecule has 1 aromatic heterocycles. The summed E-state index contributed by atoms with van der Waals surface area (Å²) in [5, 5.41) is 5.59. The molecule has 0 aliphatic carbocycles. The van der Waals surface area contributed by atoms with E-state index in [-0.39, 0.29) is 65.9 Å². The lowest BCUT2D eigenvalue weighted by Crippen LogP contribution is -2.50. The summed E-state index contributed by atoms with van der Waals surface area (Å²) < 4.78 is 11.4. The van der Waals surface area contributed by atoms with E-state index in [0.29, 0.717) is 43.1 Å². The number of thiazole rings is 1. The normalized spacial score (nSPS) is 16.1. The Morgan fingerprint density at radius 1 is 0.891 bits per heavy atom. The molecule has 2 rings (SSSR count). The smallest absolute Gasteiger partial charge is 0.308 e. The van der Waals surface area contributed by atoms with Crippen molar-refractivity contribution < 1.29 is 28.7 Å². The highest BCUT2D eigenvalue weighted by Crippen LogP contribution is 2.33. The number of carbonyl (C=O) groups is 4. The van der Waals surface area contributed by atoms with E-state index in [1.54, 1.807) is 12.3 Å². The van der Waals surface area contributed by atoms with Gasteiger partial charge in [-0.25, -0.2) is 4.98 Å². The molecule has 0 bridgehead atoms. The fraction of sp³-hybridized carbons (Fsp3) is 0.705. The van der Waals surface area contributed by atoms with Crippen LogP contribution >= 0.6 is 11.3 Å². The van der Waals surface area contributed by atoms with E-state index in [4.69, 9.17) is 14.5 Å². The Hall–Kier alpha value is -3.15. The predicted molar refractivity (Wildman–Crippen MR) is 223 cm³/mol. The summed E-state index contributed by atoms with van der Waals surface area (Å²) in [6, 6.07) is 9.15. The minimum absolute atomic E-state index is 0.0315. The number of Topliss-reactive ketones (excluding diaryl/α,β-unsaturated/α-hetero) is 1. The molecule has 11 heteroatoms. The van der Waals surface area contributed by atoms with E-state index in [1.807, 2.05) is 54.2 Å². The van der Waals surface area contributed by atoms with Gasteiger partial charge in [0.2, 0.25) is 5.91 Å². The quantitative estimate of drug-likeness (QED) is 0.0946. The molecule has 0 spiro atoms. The molecule has 10 nitrogen and oxygen atoms in total. The second-order valence-electron chi connectivity index (χ2n) is 16.0. The SMILES string of the molecule is CCCO[C@H](C[C@H](C(C)C)N(CCC)C(=O)[C@@H](CC(=O)[C@H]([C@@H](C)CC)N(C)C)[C@@H](C)CC)c1nc(C(=O)N[C@@H](Cc2ccccc2)C[C@H](C)C(=O)OC)cs1. The van der Waals surface area contributed by atoms with Gasteiger partial charge in [0.1, 0.15) is 16.8 Å². The minimum Gasteiger partial charge on any atom is -0.469 e. The third kappa shape index (κ3) is 14.7. The monoisotopic (exact) mass is 785 g/mol. The number of methoxy groups -OCH3 is 1. The first kappa shape index (κ1) is 48.0. The zero-order chi connectivity index (χ0) is 41.2. The number of hydrogen-bond acceptors (Lipinski definition) is 9. The van der Waals surface area contributed by atoms with Crippen LogP contribution in [0.25, 0.3) is 0 Å². The van der Waals surface area contributed by atoms with Gasteiger partial charge in [0, 0.05) is 49.4 Å². The van der Waals surface area contributed by atoms with Crippen molar-refractivity contribution in [1.29, 1.82) is 0 Å². The lowest BCUT2D eigenvalue weighted by Gasteiger charge is -2.40. The van der Waals surface area contributed by atoms with Crippen LogP contribution in [-0.4, -0.2) is 90.8 Å². The summed E-state index contributed by atoms with van der Waals surface area (Å²) in [4.78, 5) is 63.6. The maximum absolute atomic E-state index is 14.8. The average molecular weight is 785 g/mol. The molecule has 2 amide bonds. The third-order valence-corrected chi connectivity index (χ3v) is 11.9. The summed E-state index contributed by atoms with van der Waals surface area (Å²) in [6.45, 7) is 19.7. The van der Waals surface area contributed by atoms with E-state index in [1.165, 1.54) is 18.4 Å². The Bertz CT molecular complexity index is 1450. The molecule has 0 saturated heterocycles. The second-order valence-corrected chi connectivity index (χ2v) is 16.9. The fourth-order valence-electron chi connectivity index (χ4n) is 7.48. The van der Waals surface area contributed by atoms with E-state index in [0.717, 1.165) is 31.2 Å². The first-order chi connectivity index (χ1) is 26.1. The molecule has 8 atom stereocenters. The van der Waals surface area contributed by atoms with Crippen LogP contribution in [0, 0.1) is 29.6 Å². The molecule has 0 aliphatic heterocycles. The topological polar surface area (TPSA) is 118 Å². The van der Waals surface area contributed by atoms with E-state index in [9.17, 15) is 19.2 Å². The molecule has 55 heavy (non-hydrogen) atoms. The number of rotatable bonds is 26. The van der Waals surface area contributed by atoms with E-state index < -0.39 is 17.9 Å². The summed E-state index contributed by atoms with van der Waals surface area (Å²) >= 11 is 1.39. The van der Waals surface area contributed by atoms with Crippen molar-refractivity contribution in [1.82, 2.24) is 20.1 Å². The van der Waals surface area contributed by atoms with Crippen molar-refractivity contribution in [2.75, 3.05) is 34.4 Å². The van der Waals surface area contributed by atoms with Crippen molar-refractivity contribution in [3.63, 3.8) is 0 Å². The van der Waals surface area contributed by atoms with Gasteiger partial charge >= 0.3 is 5.97 Å². The van der Waals surface area contributed by atoms with Gasteiger partial charge < -0.3 is 19.7 Å². The van der Waals surface area contributed by atoms with Crippen LogP contribution in [0.4, 0.5) is 0 Å². The van der Waals surface area contributed by atoms with Gasteiger partial charge in [-0.15, -0.1) is 11.3 Å². The Balaban J connectivity index is 2.42. The molecule has 1 heterocycles. The van der Waals surface area contributed by atoms with Crippen molar-refractivity contribution in [2.45, 2.75) is 138 Å². The van der Waals surface area contributed by atoms with Gasteiger partial charge in [-0.1, -0.05) is 105 Å². The zero-order valence-electron chi connectivity index (χ0n) is 35.9. The van der Waals surface area contributed by atoms with E-state index in [2.05, 4.69) is 60.7 Å². The van der Waals surface area contributed by atoms with Crippen LogP contribution in [0.15, 0.2) is 35.7 Å². The Labute approximate surface area is 336 Å². The lowest BCUT2D eigenvalue weighted by atomic mass is 9.81. The predicted octanol–water partition coefficient (Wildman–Crippen LogP) is 8.40. The number of nitrogens with one attached hydrogen (secondary N) is 1. The average Bonchev–Trinajstić information content (AvgIpc) is 3.66. The summed E-state index contributed by atoms with van der Waals surface area (Å²) in [6.07, 6.45) is 4.54. The second kappa shape index (κ2) is 24.5. The van der Waals surface area contributed by atoms with Crippen molar-refractivity contribution in [2.24, 2.45) is 29.6 Å². The number of amides is 2. The summed E-state index contributed by atoms with van der Waals surface area (Å²) in [5.41, 5.74) is 1.35. The lowest BCUT2D eigenvalue weighted by molar-refractivity contribution is -0.145. The molecular weight excluding hydrogens is 713 g/mol. The number of ether oxygens (including phenoxy) is 2. The van der Waals surface area contributed by atoms with Crippen molar-refractivity contribution >= 4 is 34.9 Å². The maximum Gasteiger partial charge on any atom is 0.308 e. The first-order valence-electron chi connectivity index (χ1n) is 20.6. The van der Waals surface area contributed by atoms with Gasteiger partial charge in [-0.2, -0.15) is 0 Å². The molecule has 1 aromatic carbocycles. The molecule has 0 saturated carbocycles. The fourth-order valence-corrected chi connectivity index (χ4v) is 8.34. The number of hydrogen-bond donors (Lipinski definition) is 1. The maximum atomic E-state index is 14.8. The van der Waals surface area contributed by atoms with Gasteiger partial charge in [-0.05, 0) is 63.1 Å². The van der Waals surface area contributed by atoms with E-state index >= 15 is 0 Å². The highest BCUT2D eigenvalue weighted by Gasteiger charge is 2.38. The van der Waals surface area contributed by atoms with Crippen LogP contribution in [0.5, 0.6) is 0 Å². The van der Waals surface area contributed by atoms with Crippen LogP contribution < -0.4 is 5.32 Å². The number of aromatic nitrogens is 1. The van der Waals surface area contributed by atoms with Gasteiger partial charge in [0.15, 0.2) is 5.78 Å². The van der Waals surface area contributed by atoms with Crippen LogP contribution in [0.1, 0.15) is 134 Å². The number of likely N-dealkylation sites (N-methyl/N-ethyl adjacent to an activating group) is 1. The third-order valence-electron chi connectivity index (χ3n) is 11.0.